The molecule has 0 N–H and O–H groups in total. The van der Waals surface area contributed by atoms with E-state index in [0.29, 0.717) is 5.69 Å². The van der Waals surface area contributed by atoms with E-state index in [1.54, 1.807) is 0 Å². The SMILES string of the molecule is Cc1c(C)c2c(c(N3C(=O)c4ccc(C(=O)c5ccc6c(c5)C(=O)N(C)C6=O)cc4C3=O)c1C)C(C)(C)CC2. The summed E-state index contributed by atoms with van der Waals surface area (Å²) in [5.74, 6) is -2.12. The van der Waals surface area contributed by atoms with Crippen LogP contribution in [0.2, 0.25) is 0 Å². The number of imide groups is 2. The van der Waals surface area contributed by atoms with Crippen molar-refractivity contribution in [1.82, 2.24) is 4.90 Å². The Balaban J connectivity index is 1.42. The van der Waals surface area contributed by atoms with Gasteiger partial charge < -0.3 is 0 Å². The minimum absolute atomic E-state index is 0.175. The average molecular weight is 521 g/mol. The topological polar surface area (TPSA) is 91.8 Å². The van der Waals surface area contributed by atoms with Gasteiger partial charge in [-0.25, -0.2) is 4.90 Å². The zero-order chi connectivity index (χ0) is 28.1. The molecule has 2 aliphatic heterocycles. The largest absolute Gasteiger partial charge is 0.289 e. The van der Waals surface area contributed by atoms with Gasteiger partial charge in [0.2, 0.25) is 0 Å². The summed E-state index contributed by atoms with van der Waals surface area (Å²) in [6.45, 7) is 10.4. The number of fused-ring (bicyclic) bond motifs is 3. The zero-order valence-electron chi connectivity index (χ0n) is 22.8. The number of carbonyl (C=O) groups excluding carboxylic acids is 5. The van der Waals surface area contributed by atoms with Gasteiger partial charge in [-0.3, -0.25) is 28.9 Å². The summed E-state index contributed by atoms with van der Waals surface area (Å²) >= 11 is 0. The number of rotatable bonds is 3. The summed E-state index contributed by atoms with van der Waals surface area (Å²) in [6, 6.07) is 8.91. The summed E-state index contributed by atoms with van der Waals surface area (Å²) in [7, 11) is 1.40. The van der Waals surface area contributed by atoms with E-state index in [0.717, 1.165) is 34.4 Å². The van der Waals surface area contributed by atoms with Crippen LogP contribution in [0.3, 0.4) is 0 Å². The number of carbonyl (C=O) groups is 5. The molecule has 3 aliphatic rings. The second kappa shape index (κ2) is 8.06. The van der Waals surface area contributed by atoms with Gasteiger partial charge in [-0.1, -0.05) is 26.0 Å². The fourth-order valence-electron chi connectivity index (χ4n) is 6.34. The highest BCUT2D eigenvalue weighted by Gasteiger charge is 2.44. The number of amides is 4. The molecule has 0 fully saturated rings. The van der Waals surface area contributed by atoms with Crippen LogP contribution in [0.15, 0.2) is 36.4 Å². The highest BCUT2D eigenvalue weighted by molar-refractivity contribution is 6.35. The Hall–Kier alpha value is -4.39. The lowest BCUT2D eigenvalue weighted by Gasteiger charge is -2.30. The van der Waals surface area contributed by atoms with E-state index in [1.165, 1.54) is 59.5 Å². The molecule has 0 radical (unpaired) electrons. The average Bonchev–Trinajstić information content (AvgIpc) is 3.45. The molecule has 0 saturated carbocycles. The Labute approximate surface area is 226 Å². The molecule has 7 nitrogen and oxygen atoms in total. The van der Waals surface area contributed by atoms with Crippen molar-refractivity contribution in [2.75, 3.05) is 11.9 Å². The Kier molecular flexibility index (Phi) is 5.15. The van der Waals surface area contributed by atoms with E-state index in [-0.39, 0.29) is 38.8 Å². The lowest BCUT2D eigenvalue weighted by molar-refractivity contribution is 0.0692. The molecule has 1 aliphatic carbocycles. The molecule has 0 aromatic heterocycles. The molecule has 196 valence electrons. The molecule has 39 heavy (non-hydrogen) atoms. The van der Waals surface area contributed by atoms with Crippen LogP contribution in [0.4, 0.5) is 5.69 Å². The second-order valence-corrected chi connectivity index (χ2v) is 11.4. The van der Waals surface area contributed by atoms with Gasteiger partial charge in [0, 0.05) is 18.2 Å². The van der Waals surface area contributed by atoms with E-state index in [4.69, 9.17) is 0 Å². The van der Waals surface area contributed by atoms with Gasteiger partial charge in [0.15, 0.2) is 5.78 Å². The molecular formula is C32H28N2O5. The molecule has 0 unspecified atom stereocenters. The van der Waals surface area contributed by atoms with Crippen molar-refractivity contribution in [3.05, 3.63) is 97.6 Å². The van der Waals surface area contributed by atoms with Crippen LogP contribution in [0, 0.1) is 20.8 Å². The van der Waals surface area contributed by atoms with Crippen molar-refractivity contribution in [1.29, 1.82) is 0 Å². The van der Waals surface area contributed by atoms with E-state index in [1.807, 2.05) is 13.8 Å². The third-order valence-corrected chi connectivity index (χ3v) is 8.87. The van der Waals surface area contributed by atoms with Crippen LogP contribution < -0.4 is 4.90 Å². The molecule has 6 rings (SSSR count). The van der Waals surface area contributed by atoms with Crippen molar-refractivity contribution in [3.63, 3.8) is 0 Å². The summed E-state index contributed by atoms with van der Waals surface area (Å²) in [5.41, 5.74) is 7.25. The van der Waals surface area contributed by atoms with Gasteiger partial charge in [0.05, 0.1) is 27.9 Å². The van der Waals surface area contributed by atoms with E-state index < -0.39 is 29.4 Å². The van der Waals surface area contributed by atoms with Crippen LogP contribution in [0.25, 0.3) is 0 Å². The fraction of sp³-hybridized carbons (Fsp3) is 0.281. The van der Waals surface area contributed by atoms with Gasteiger partial charge in [-0.2, -0.15) is 0 Å². The number of nitrogens with zero attached hydrogens (tertiary/aromatic N) is 2. The van der Waals surface area contributed by atoms with E-state index >= 15 is 0 Å². The zero-order valence-corrected chi connectivity index (χ0v) is 22.8. The van der Waals surface area contributed by atoms with Crippen LogP contribution in [-0.4, -0.2) is 41.4 Å². The quantitative estimate of drug-likeness (QED) is 0.354. The third kappa shape index (κ3) is 3.25. The molecule has 7 heteroatoms. The molecule has 2 heterocycles. The maximum Gasteiger partial charge on any atom is 0.266 e. The Morgan fingerprint density at radius 3 is 1.85 bits per heavy atom. The summed E-state index contributed by atoms with van der Waals surface area (Å²) in [6.07, 6.45) is 1.83. The van der Waals surface area contributed by atoms with Crippen molar-refractivity contribution in [3.8, 4) is 0 Å². The highest BCUT2D eigenvalue weighted by Crippen LogP contribution is 2.49. The molecule has 3 aromatic rings. The smallest absolute Gasteiger partial charge is 0.266 e. The van der Waals surface area contributed by atoms with Crippen LogP contribution in [0.5, 0.6) is 0 Å². The van der Waals surface area contributed by atoms with Crippen molar-refractivity contribution in [2.45, 2.75) is 52.9 Å². The Morgan fingerprint density at radius 2 is 1.23 bits per heavy atom. The molecule has 0 atom stereocenters. The van der Waals surface area contributed by atoms with Gasteiger partial charge in [-0.05, 0) is 91.1 Å². The van der Waals surface area contributed by atoms with E-state index in [9.17, 15) is 24.0 Å². The predicted molar refractivity (Wildman–Crippen MR) is 146 cm³/mol. The van der Waals surface area contributed by atoms with Crippen LogP contribution in [-0.2, 0) is 11.8 Å². The maximum atomic E-state index is 13.9. The van der Waals surface area contributed by atoms with Crippen molar-refractivity contribution in [2.24, 2.45) is 0 Å². The number of hydrogen-bond donors (Lipinski definition) is 0. The monoisotopic (exact) mass is 520 g/mol. The minimum Gasteiger partial charge on any atom is -0.289 e. The second-order valence-electron chi connectivity index (χ2n) is 11.4. The van der Waals surface area contributed by atoms with Gasteiger partial charge in [0.1, 0.15) is 0 Å². The highest BCUT2D eigenvalue weighted by atomic mass is 16.2. The first-order valence-corrected chi connectivity index (χ1v) is 13.0. The lowest BCUT2D eigenvalue weighted by atomic mass is 9.81. The molecule has 3 aromatic carbocycles. The van der Waals surface area contributed by atoms with Crippen molar-refractivity contribution < 1.29 is 24.0 Å². The Morgan fingerprint density at radius 1 is 0.718 bits per heavy atom. The van der Waals surface area contributed by atoms with Gasteiger partial charge >= 0.3 is 0 Å². The third-order valence-electron chi connectivity index (χ3n) is 8.87. The summed E-state index contributed by atoms with van der Waals surface area (Å²) < 4.78 is 0. The molecule has 0 bridgehead atoms. The number of hydrogen-bond acceptors (Lipinski definition) is 5. The Bertz CT molecular complexity index is 1730. The van der Waals surface area contributed by atoms with Crippen molar-refractivity contribution >= 4 is 35.1 Å². The number of anilines is 1. The summed E-state index contributed by atoms with van der Waals surface area (Å²) in [4.78, 5) is 67.9. The summed E-state index contributed by atoms with van der Waals surface area (Å²) in [5, 5.41) is 0. The fourth-order valence-corrected chi connectivity index (χ4v) is 6.34. The van der Waals surface area contributed by atoms with Gasteiger partial charge in [-0.15, -0.1) is 0 Å². The number of benzene rings is 3. The number of ketones is 1. The predicted octanol–water partition coefficient (Wildman–Crippen LogP) is 5.09. The molecule has 0 spiro atoms. The first-order valence-electron chi connectivity index (χ1n) is 13.0. The first kappa shape index (κ1) is 24.9. The van der Waals surface area contributed by atoms with Crippen LogP contribution in [0.1, 0.15) is 105 Å². The first-order chi connectivity index (χ1) is 18.3. The maximum absolute atomic E-state index is 13.9. The molecule has 4 amide bonds. The molecule has 0 saturated heterocycles. The molecular weight excluding hydrogens is 492 g/mol. The standard InChI is InChI=1S/C32H28N2O5/c1-15-16(2)20-11-12-32(4,5)25(20)26(17(15)3)34-30(38)22-10-8-19(14-24(22)31(34)39)27(35)18-7-9-21-23(13-18)29(37)33(6)28(21)36/h7-10,13-14H,11-12H2,1-6H3. The van der Waals surface area contributed by atoms with E-state index in [2.05, 4.69) is 20.8 Å². The minimum atomic E-state index is -0.464. The van der Waals surface area contributed by atoms with Crippen LogP contribution >= 0.6 is 0 Å². The normalized spacial score (nSPS) is 17.2. The van der Waals surface area contributed by atoms with Gasteiger partial charge in [0.25, 0.3) is 23.6 Å². The lowest BCUT2D eigenvalue weighted by Crippen LogP contribution is -2.33.